The Hall–Kier alpha value is -2.24. The van der Waals surface area contributed by atoms with Crippen LogP contribution in [0.15, 0.2) is 18.2 Å². The largest absolute Gasteiger partial charge is 0.495 e. The third kappa shape index (κ3) is 2.87. The predicted molar refractivity (Wildman–Crippen MR) is 66.7 cm³/mol. The lowest BCUT2D eigenvalue weighted by atomic mass is 10.1. The molecule has 0 radical (unpaired) electrons. The molecule has 0 saturated carbocycles. The summed E-state index contributed by atoms with van der Waals surface area (Å²) in [6.07, 6.45) is 0. The number of nitrogens with zero attached hydrogens (tertiary/aromatic N) is 1. The van der Waals surface area contributed by atoms with Crippen molar-refractivity contribution in [1.29, 1.82) is 5.41 Å². The first-order valence-electron chi connectivity index (χ1n) is 4.97. The van der Waals surface area contributed by atoms with E-state index >= 15 is 0 Å². The number of nitrogens with one attached hydrogen (secondary N) is 2. The second-order valence-electron chi connectivity index (χ2n) is 3.62. The fourth-order valence-electron chi connectivity index (χ4n) is 1.27. The highest BCUT2D eigenvalue weighted by atomic mass is 16.5. The standard InChI is InChI=1S/C11H16N4O2/c1-15(2)11(16)14-9-7(10(12)13)5-4-6-8(9)17-3/h4-6H,1-3H3,(H3,12,13)(H,14,16). The monoisotopic (exact) mass is 236 g/mol. The van der Waals surface area contributed by atoms with E-state index in [0.717, 1.165) is 0 Å². The minimum absolute atomic E-state index is 0.127. The molecule has 1 aromatic carbocycles. The Balaban J connectivity index is 3.18. The zero-order valence-electron chi connectivity index (χ0n) is 10.1. The lowest BCUT2D eigenvalue weighted by molar-refractivity contribution is 0.230. The average molecular weight is 236 g/mol. The van der Waals surface area contributed by atoms with E-state index < -0.39 is 0 Å². The molecule has 6 heteroatoms. The maximum absolute atomic E-state index is 11.6. The van der Waals surface area contributed by atoms with Crippen LogP contribution in [0.1, 0.15) is 5.56 Å². The molecule has 0 unspecified atom stereocenters. The third-order valence-electron chi connectivity index (χ3n) is 2.17. The van der Waals surface area contributed by atoms with Crippen LogP contribution in [0.2, 0.25) is 0 Å². The first kappa shape index (κ1) is 12.8. The molecule has 2 amide bonds. The zero-order valence-corrected chi connectivity index (χ0v) is 10.1. The minimum Gasteiger partial charge on any atom is -0.495 e. The van der Waals surface area contributed by atoms with Crippen LogP contribution in [0.4, 0.5) is 10.5 Å². The van der Waals surface area contributed by atoms with Crippen LogP contribution in [0.3, 0.4) is 0 Å². The number of nitrogen functional groups attached to an aromatic ring is 1. The number of urea groups is 1. The van der Waals surface area contributed by atoms with Gasteiger partial charge in [0.15, 0.2) is 0 Å². The van der Waals surface area contributed by atoms with E-state index in [9.17, 15) is 4.79 Å². The number of methoxy groups -OCH3 is 1. The molecule has 6 nitrogen and oxygen atoms in total. The molecule has 0 heterocycles. The minimum atomic E-state index is -0.308. The van der Waals surface area contributed by atoms with Gasteiger partial charge in [0, 0.05) is 19.7 Å². The molecule has 1 rings (SSSR count). The van der Waals surface area contributed by atoms with E-state index in [1.165, 1.54) is 12.0 Å². The maximum atomic E-state index is 11.6. The summed E-state index contributed by atoms with van der Waals surface area (Å²) in [6, 6.07) is 4.74. The summed E-state index contributed by atoms with van der Waals surface area (Å²) in [5.74, 6) is 0.339. The number of nitrogens with two attached hydrogens (primary N) is 1. The molecule has 92 valence electrons. The Morgan fingerprint density at radius 1 is 1.47 bits per heavy atom. The fraction of sp³-hybridized carbons (Fsp3) is 0.273. The normalized spacial score (nSPS) is 9.59. The van der Waals surface area contributed by atoms with Crippen molar-refractivity contribution < 1.29 is 9.53 Å². The Labute approximate surface area is 99.9 Å². The zero-order chi connectivity index (χ0) is 13.0. The van der Waals surface area contributed by atoms with Gasteiger partial charge in [-0.25, -0.2) is 4.79 Å². The molecular formula is C11H16N4O2. The third-order valence-corrected chi connectivity index (χ3v) is 2.17. The van der Waals surface area contributed by atoms with Crippen molar-refractivity contribution in [3.05, 3.63) is 23.8 Å². The fourth-order valence-corrected chi connectivity index (χ4v) is 1.27. The van der Waals surface area contributed by atoms with Gasteiger partial charge in [0.2, 0.25) is 0 Å². The van der Waals surface area contributed by atoms with Crippen molar-refractivity contribution >= 4 is 17.6 Å². The molecule has 0 saturated heterocycles. The molecule has 0 atom stereocenters. The van der Waals surface area contributed by atoms with E-state index in [0.29, 0.717) is 17.0 Å². The summed E-state index contributed by atoms with van der Waals surface area (Å²) in [5.41, 5.74) is 6.29. The number of para-hydroxylation sites is 1. The highest BCUT2D eigenvalue weighted by Gasteiger charge is 2.14. The molecule has 0 bridgehead atoms. The van der Waals surface area contributed by atoms with Gasteiger partial charge in [-0.05, 0) is 12.1 Å². The van der Waals surface area contributed by atoms with Gasteiger partial charge in [-0.15, -0.1) is 0 Å². The van der Waals surface area contributed by atoms with Crippen molar-refractivity contribution in [2.45, 2.75) is 0 Å². The van der Waals surface area contributed by atoms with Gasteiger partial charge in [0.05, 0.1) is 12.8 Å². The van der Waals surface area contributed by atoms with Crippen LogP contribution >= 0.6 is 0 Å². The van der Waals surface area contributed by atoms with Crippen molar-refractivity contribution in [2.75, 3.05) is 26.5 Å². The Morgan fingerprint density at radius 2 is 2.12 bits per heavy atom. The summed E-state index contributed by atoms with van der Waals surface area (Å²) in [6.45, 7) is 0. The molecular weight excluding hydrogens is 220 g/mol. The van der Waals surface area contributed by atoms with Gasteiger partial charge >= 0.3 is 6.03 Å². The van der Waals surface area contributed by atoms with Gasteiger partial charge in [0.25, 0.3) is 0 Å². The molecule has 0 aliphatic carbocycles. The first-order valence-corrected chi connectivity index (χ1v) is 4.97. The van der Waals surface area contributed by atoms with Gasteiger partial charge < -0.3 is 20.7 Å². The van der Waals surface area contributed by atoms with Gasteiger partial charge in [-0.1, -0.05) is 6.07 Å². The predicted octanol–water partition coefficient (Wildman–Crippen LogP) is 1.07. The van der Waals surface area contributed by atoms with Crippen molar-refractivity contribution in [2.24, 2.45) is 5.73 Å². The van der Waals surface area contributed by atoms with Crippen LogP contribution in [-0.4, -0.2) is 38.0 Å². The Kier molecular flexibility index (Phi) is 3.92. The number of hydrogen-bond donors (Lipinski definition) is 3. The van der Waals surface area contributed by atoms with Crippen LogP contribution in [0.25, 0.3) is 0 Å². The number of anilines is 1. The molecule has 0 aliphatic heterocycles. The number of benzene rings is 1. The number of ether oxygens (including phenoxy) is 1. The summed E-state index contributed by atoms with van der Waals surface area (Å²) in [4.78, 5) is 13.0. The SMILES string of the molecule is COc1cccc(C(=N)N)c1NC(=O)N(C)C. The maximum Gasteiger partial charge on any atom is 0.321 e. The van der Waals surface area contributed by atoms with Crippen LogP contribution in [0, 0.1) is 5.41 Å². The summed E-state index contributed by atoms with van der Waals surface area (Å²) in [5, 5.41) is 10.1. The van der Waals surface area contributed by atoms with Crippen LogP contribution in [-0.2, 0) is 0 Å². The van der Waals surface area contributed by atoms with Gasteiger partial charge in [-0.2, -0.15) is 0 Å². The lowest BCUT2D eigenvalue weighted by Crippen LogP contribution is -2.29. The summed E-state index contributed by atoms with van der Waals surface area (Å²) in [7, 11) is 4.74. The summed E-state index contributed by atoms with van der Waals surface area (Å²) < 4.78 is 5.13. The van der Waals surface area contributed by atoms with E-state index in [1.54, 1.807) is 32.3 Å². The molecule has 1 aromatic rings. The van der Waals surface area contributed by atoms with Crippen molar-refractivity contribution in [3.8, 4) is 5.75 Å². The molecule has 0 aromatic heterocycles. The molecule has 0 fully saturated rings. The van der Waals surface area contributed by atoms with E-state index in [4.69, 9.17) is 15.9 Å². The smallest absolute Gasteiger partial charge is 0.321 e. The van der Waals surface area contributed by atoms with Crippen molar-refractivity contribution in [1.82, 2.24) is 4.90 Å². The number of hydrogen-bond acceptors (Lipinski definition) is 3. The topological polar surface area (TPSA) is 91.4 Å². The van der Waals surface area contributed by atoms with Gasteiger partial charge in [0.1, 0.15) is 11.6 Å². The first-order chi connectivity index (χ1) is 7.97. The van der Waals surface area contributed by atoms with Gasteiger partial charge in [-0.3, -0.25) is 5.41 Å². The lowest BCUT2D eigenvalue weighted by Gasteiger charge is -2.17. The molecule has 17 heavy (non-hydrogen) atoms. The number of carbonyl (C=O) groups is 1. The molecule has 0 aliphatic rings. The van der Waals surface area contributed by atoms with Crippen LogP contribution < -0.4 is 15.8 Å². The Bertz CT molecular complexity index is 443. The number of carbonyl (C=O) groups excluding carboxylic acids is 1. The van der Waals surface area contributed by atoms with E-state index in [2.05, 4.69) is 5.32 Å². The quantitative estimate of drug-likeness (QED) is 0.541. The average Bonchev–Trinajstić information content (AvgIpc) is 2.28. The van der Waals surface area contributed by atoms with Crippen LogP contribution in [0.5, 0.6) is 5.75 Å². The number of amidine groups is 1. The highest BCUT2D eigenvalue weighted by molar-refractivity contribution is 6.05. The van der Waals surface area contributed by atoms with E-state index in [1.807, 2.05) is 0 Å². The van der Waals surface area contributed by atoms with Crippen molar-refractivity contribution in [3.63, 3.8) is 0 Å². The highest BCUT2D eigenvalue weighted by Crippen LogP contribution is 2.28. The Morgan fingerprint density at radius 3 is 2.59 bits per heavy atom. The molecule has 4 N–H and O–H groups in total. The molecule has 0 spiro atoms. The second-order valence-corrected chi connectivity index (χ2v) is 3.62. The summed E-state index contributed by atoms with van der Waals surface area (Å²) >= 11 is 0. The number of amides is 2. The number of rotatable bonds is 3. The van der Waals surface area contributed by atoms with E-state index in [-0.39, 0.29) is 11.9 Å². The second kappa shape index (κ2) is 5.20.